The fraction of sp³-hybridized carbons (Fsp3) is 0.182. The molecule has 1 aromatic heterocycles. The van der Waals surface area contributed by atoms with Gasteiger partial charge in [-0.1, -0.05) is 0 Å². The van der Waals surface area contributed by atoms with Crippen LogP contribution in [0.5, 0.6) is 11.5 Å². The summed E-state index contributed by atoms with van der Waals surface area (Å²) in [5.74, 6) is 1.52. The van der Waals surface area contributed by atoms with Crippen molar-refractivity contribution >= 4 is 0 Å². The zero-order chi connectivity index (χ0) is 10.8. The van der Waals surface area contributed by atoms with Crippen LogP contribution in [0, 0.1) is 6.92 Å². The van der Waals surface area contributed by atoms with Crippen molar-refractivity contribution in [2.45, 2.75) is 6.92 Å². The molecule has 1 aromatic carbocycles. The van der Waals surface area contributed by atoms with Crippen LogP contribution in [0.3, 0.4) is 0 Å². The molecule has 0 bridgehead atoms. The summed E-state index contributed by atoms with van der Waals surface area (Å²) in [5.41, 5.74) is 1.52. The number of aromatic hydroxyl groups is 1. The second-order valence-electron chi connectivity index (χ2n) is 3.27. The van der Waals surface area contributed by atoms with Crippen molar-refractivity contribution in [3.05, 3.63) is 30.1 Å². The van der Waals surface area contributed by atoms with Crippen LogP contribution in [0.25, 0.3) is 11.4 Å². The molecule has 4 heteroatoms. The van der Waals surface area contributed by atoms with E-state index >= 15 is 0 Å². The highest BCUT2D eigenvalue weighted by Crippen LogP contribution is 2.30. The lowest BCUT2D eigenvalue weighted by Gasteiger charge is -2.04. The summed E-state index contributed by atoms with van der Waals surface area (Å²) < 4.78 is 5.09. The van der Waals surface area contributed by atoms with E-state index in [9.17, 15) is 5.11 Å². The van der Waals surface area contributed by atoms with Gasteiger partial charge in [-0.3, -0.25) is 0 Å². The lowest BCUT2D eigenvalue weighted by molar-refractivity contribution is 0.412. The van der Waals surface area contributed by atoms with E-state index < -0.39 is 0 Å². The van der Waals surface area contributed by atoms with Crippen LogP contribution in [0.15, 0.2) is 24.4 Å². The summed E-state index contributed by atoms with van der Waals surface area (Å²) in [6.07, 6.45) is 1.79. The van der Waals surface area contributed by atoms with Crippen LogP contribution in [0.4, 0.5) is 0 Å². The van der Waals surface area contributed by atoms with E-state index in [0.29, 0.717) is 17.1 Å². The molecule has 0 fully saturated rings. The molecule has 0 saturated carbocycles. The Bertz CT molecular complexity index is 477. The number of methoxy groups -OCH3 is 1. The van der Waals surface area contributed by atoms with Gasteiger partial charge in [0, 0.05) is 6.20 Å². The molecule has 0 aliphatic heterocycles. The normalized spacial score (nSPS) is 10.3. The Balaban J connectivity index is 2.51. The minimum atomic E-state index is 0.185. The van der Waals surface area contributed by atoms with Gasteiger partial charge in [0.05, 0.1) is 18.4 Å². The number of benzene rings is 1. The Kier molecular flexibility index (Phi) is 2.33. The number of nitrogens with zero attached hydrogens (tertiary/aromatic N) is 1. The Morgan fingerprint density at radius 2 is 2.20 bits per heavy atom. The second-order valence-corrected chi connectivity index (χ2v) is 3.27. The third kappa shape index (κ3) is 1.79. The van der Waals surface area contributed by atoms with Gasteiger partial charge in [0.25, 0.3) is 0 Å². The molecular weight excluding hydrogens is 192 g/mol. The standard InChI is InChI=1S/C11H12N2O2/c1-7-6-12-11(13-7)9-5-8(15-2)3-4-10(9)14/h3-6,14H,1-2H3,(H,12,13). The van der Waals surface area contributed by atoms with Crippen LogP contribution in [-0.2, 0) is 0 Å². The van der Waals surface area contributed by atoms with Crippen molar-refractivity contribution < 1.29 is 9.84 Å². The summed E-state index contributed by atoms with van der Waals surface area (Å²) in [7, 11) is 1.59. The Morgan fingerprint density at radius 1 is 1.40 bits per heavy atom. The van der Waals surface area contributed by atoms with E-state index in [2.05, 4.69) is 9.97 Å². The number of aromatic nitrogens is 2. The first kappa shape index (κ1) is 9.58. The van der Waals surface area contributed by atoms with E-state index in [0.717, 1.165) is 5.69 Å². The van der Waals surface area contributed by atoms with Gasteiger partial charge in [-0.15, -0.1) is 0 Å². The van der Waals surface area contributed by atoms with Crippen molar-refractivity contribution in [1.82, 2.24) is 9.97 Å². The highest BCUT2D eigenvalue weighted by atomic mass is 16.5. The minimum absolute atomic E-state index is 0.185. The molecule has 0 spiro atoms. The number of imidazole rings is 1. The van der Waals surface area contributed by atoms with Gasteiger partial charge in [0.1, 0.15) is 17.3 Å². The molecule has 1 heterocycles. The molecule has 0 unspecified atom stereocenters. The molecule has 0 amide bonds. The van der Waals surface area contributed by atoms with E-state index in [1.165, 1.54) is 0 Å². The first-order valence-electron chi connectivity index (χ1n) is 4.60. The van der Waals surface area contributed by atoms with Crippen LogP contribution in [0.2, 0.25) is 0 Å². The zero-order valence-corrected chi connectivity index (χ0v) is 8.61. The summed E-state index contributed by atoms with van der Waals surface area (Å²) in [5, 5.41) is 9.68. The highest BCUT2D eigenvalue weighted by Gasteiger charge is 2.08. The first-order valence-corrected chi connectivity index (χ1v) is 4.60. The van der Waals surface area contributed by atoms with E-state index in [1.54, 1.807) is 31.5 Å². The number of phenolic OH excluding ortho intramolecular Hbond substituents is 1. The predicted octanol–water partition coefficient (Wildman–Crippen LogP) is 2.10. The molecule has 4 nitrogen and oxygen atoms in total. The average Bonchev–Trinajstić information content (AvgIpc) is 2.65. The maximum atomic E-state index is 9.68. The van der Waals surface area contributed by atoms with Gasteiger partial charge in [-0.25, -0.2) is 4.98 Å². The van der Waals surface area contributed by atoms with Crippen molar-refractivity contribution in [3.63, 3.8) is 0 Å². The number of nitrogens with one attached hydrogen (secondary N) is 1. The molecular formula is C11H12N2O2. The molecule has 0 saturated heterocycles. The monoisotopic (exact) mass is 204 g/mol. The molecule has 0 aliphatic rings. The third-order valence-electron chi connectivity index (χ3n) is 2.16. The number of aryl methyl sites for hydroxylation is 1. The number of phenols is 1. The van der Waals surface area contributed by atoms with Gasteiger partial charge in [0.2, 0.25) is 0 Å². The number of ether oxygens (including phenoxy) is 1. The predicted molar refractivity (Wildman–Crippen MR) is 57.0 cm³/mol. The lowest BCUT2D eigenvalue weighted by Crippen LogP contribution is -1.86. The zero-order valence-electron chi connectivity index (χ0n) is 8.61. The molecule has 0 aliphatic carbocycles. The van der Waals surface area contributed by atoms with Gasteiger partial charge >= 0.3 is 0 Å². The number of hydrogen-bond donors (Lipinski definition) is 2. The van der Waals surface area contributed by atoms with Crippen LogP contribution in [0.1, 0.15) is 5.69 Å². The van der Waals surface area contributed by atoms with Crippen molar-refractivity contribution in [2.24, 2.45) is 0 Å². The quantitative estimate of drug-likeness (QED) is 0.787. The molecule has 15 heavy (non-hydrogen) atoms. The summed E-state index contributed by atoms with van der Waals surface area (Å²) >= 11 is 0. The smallest absolute Gasteiger partial charge is 0.141 e. The summed E-state index contributed by atoms with van der Waals surface area (Å²) in [4.78, 5) is 7.23. The molecule has 2 N–H and O–H groups in total. The van der Waals surface area contributed by atoms with Crippen molar-refractivity contribution in [3.8, 4) is 22.9 Å². The minimum Gasteiger partial charge on any atom is -0.507 e. The lowest BCUT2D eigenvalue weighted by atomic mass is 10.2. The topological polar surface area (TPSA) is 58.1 Å². The van der Waals surface area contributed by atoms with E-state index in [1.807, 2.05) is 6.92 Å². The van der Waals surface area contributed by atoms with Gasteiger partial charge < -0.3 is 14.8 Å². The van der Waals surface area contributed by atoms with Crippen molar-refractivity contribution in [1.29, 1.82) is 0 Å². The van der Waals surface area contributed by atoms with E-state index in [-0.39, 0.29) is 5.75 Å². The van der Waals surface area contributed by atoms with Crippen LogP contribution >= 0.6 is 0 Å². The Morgan fingerprint density at radius 3 is 2.80 bits per heavy atom. The maximum absolute atomic E-state index is 9.68. The summed E-state index contributed by atoms with van der Waals surface area (Å²) in [6, 6.07) is 5.04. The number of H-pyrrole nitrogens is 1. The van der Waals surface area contributed by atoms with Crippen LogP contribution < -0.4 is 4.74 Å². The molecule has 0 radical (unpaired) electrons. The molecule has 2 rings (SSSR count). The van der Waals surface area contributed by atoms with Crippen LogP contribution in [-0.4, -0.2) is 22.2 Å². The van der Waals surface area contributed by atoms with Gasteiger partial charge in [0.15, 0.2) is 0 Å². The largest absolute Gasteiger partial charge is 0.507 e. The molecule has 2 aromatic rings. The average molecular weight is 204 g/mol. The molecule has 0 atom stereocenters. The fourth-order valence-corrected chi connectivity index (χ4v) is 1.38. The maximum Gasteiger partial charge on any atom is 0.141 e. The van der Waals surface area contributed by atoms with E-state index in [4.69, 9.17) is 4.74 Å². The first-order chi connectivity index (χ1) is 7.20. The highest BCUT2D eigenvalue weighted by molar-refractivity contribution is 5.65. The molecule has 78 valence electrons. The second kappa shape index (κ2) is 3.65. The fourth-order valence-electron chi connectivity index (χ4n) is 1.38. The number of aromatic amines is 1. The Hall–Kier alpha value is -1.97. The summed E-state index contributed by atoms with van der Waals surface area (Å²) in [6.45, 7) is 1.89. The SMILES string of the molecule is COc1ccc(O)c(-c2nc(C)c[nH]2)c1. The Labute approximate surface area is 87.6 Å². The van der Waals surface area contributed by atoms with Gasteiger partial charge in [-0.2, -0.15) is 0 Å². The number of rotatable bonds is 2. The third-order valence-corrected chi connectivity index (χ3v) is 2.16. The number of hydrogen-bond acceptors (Lipinski definition) is 3. The van der Waals surface area contributed by atoms with Gasteiger partial charge in [-0.05, 0) is 25.1 Å². The van der Waals surface area contributed by atoms with Crippen molar-refractivity contribution in [2.75, 3.05) is 7.11 Å².